The Bertz CT molecular complexity index is 997. The number of thiophene rings is 1. The second-order valence-corrected chi connectivity index (χ2v) is 9.15. The SMILES string of the molecule is CC(c1cccs1)n1cc(C2CCN(CCOCC(=O)O)CC2)c2c(Cl)cncc21. The van der Waals surface area contributed by atoms with Gasteiger partial charge in [-0.3, -0.25) is 4.98 Å². The monoisotopic (exact) mass is 447 g/mol. The van der Waals surface area contributed by atoms with E-state index in [1.165, 1.54) is 10.4 Å². The van der Waals surface area contributed by atoms with Crippen molar-refractivity contribution in [3.8, 4) is 0 Å². The largest absolute Gasteiger partial charge is 0.480 e. The molecule has 1 aliphatic heterocycles. The highest BCUT2D eigenvalue weighted by atomic mass is 35.5. The van der Waals surface area contributed by atoms with Gasteiger partial charge in [0.2, 0.25) is 0 Å². The van der Waals surface area contributed by atoms with Crippen LogP contribution in [0.25, 0.3) is 10.9 Å². The zero-order valence-electron chi connectivity index (χ0n) is 17.0. The molecular weight excluding hydrogens is 422 g/mol. The number of carbonyl (C=O) groups is 1. The molecule has 1 unspecified atom stereocenters. The predicted octanol–water partition coefficient (Wildman–Crippen LogP) is 4.64. The fraction of sp³-hybridized carbons (Fsp3) is 0.455. The number of hydrogen-bond donors (Lipinski definition) is 1. The first kappa shape index (κ1) is 21.3. The molecule has 3 aromatic heterocycles. The number of aliphatic carboxylic acids is 1. The maximum absolute atomic E-state index is 10.6. The van der Waals surface area contributed by atoms with Gasteiger partial charge < -0.3 is 19.3 Å². The van der Waals surface area contributed by atoms with E-state index in [0.29, 0.717) is 17.5 Å². The van der Waals surface area contributed by atoms with Crippen molar-refractivity contribution in [1.82, 2.24) is 14.5 Å². The molecule has 0 spiro atoms. The molecule has 0 radical (unpaired) electrons. The second kappa shape index (κ2) is 9.47. The van der Waals surface area contributed by atoms with Crippen LogP contribution in [-0.4, -0.2) is 58.4 Å². The minimum absolute atomic E-state index is 0.230. The van der Waals surface area contributed by atoms with E-state index < -0.39 is 5.97 Å². The van der Waals surface area contributed by atoms with Crippen LogP contribution in [0, 0.1) is 0 Å². The van der Waals surface area contributed by atoms with Crippen molar-refractivity contribution in [3.05, 3.63) is 51.6 Å². The predicted molar refractivity (Wildman–Crippen MR) is 120 cm³/mol. The summed E-state index contributed by atoms with van der Waals surface area (Å²) in [6.45, 7) is 5.14. The Kier molecular flexibility index (Phi) is 6.73. The highest BCUT2D eigenvalue weighted by Crippen LogP contribution is 2.39. The molecule has 1 aliphatic rings. The summed E-state index contributed by atoms with van der Waals surface area (Å²) in [5.41, 5.74) is 2.39. The average molecular weight is 448 g/mol. The summed E-state index contributed by atoms with van der Waals surface area (Å²) in [7, 11) is 0. The molecule has 1 saturated heterocycles. The number of fused-ring (bicyclic) bond motifs is 1. The number of halogens is 1. The molecule has 4 heterocycles. The van der Waals surface area contributed by atoms with Crippen LogP contribution in [-0.2, 0) is 9.53 Å². The van der Waals surface area contributed by atoms with Crippen LogP contribution in [0.4, 0.5) is 0 Å². The number of carboxylic acid groups (broad SMARTS) is 1. The number of nitrogens with zero attached hydrogens (tertiary/aromatic N) is 3. The lowest BCUT2D eigenvalue weighted by molar-refractivity contribution is -0.142. The quantitative estimate of drug-likeness (QED) is 0.509. The Morgan fingerprint density at radius 1 is 1.40 bits per heavy atom. The fourth-order valence-electron chi connectivity index (χ4n) is 4.31. The van der Waals surface area contributed by atoms with E-state index in [0.717, 1.165) is 43.4 Å². The molecule has 0 saturated carbocycles. The van der Waals surface area contributed by atoms with Gasteiger partial charge in [0, 0.05) is 29.2 Å². The third-order valence-electron chi connectivity index (χ3n) is 5.90. The summed E-state index contributed by atoms with van der Waals surface area (Å²) in [6.07, 6.45) is 8.03. The number of piperidine rings is 1. The van der Waals surface area contributed by atoms with Crippen molar-refractivity contribution in [1.29, 1.82) is 0 Å². The molecule has 3 aromatic rings. The van der Waals surface area contributed by atoms with Gasteiger partial charge in [-0.25, -0.2) is 4.79 Å². The zero-order chi connectivity index (χ0) is 21.1. The molecule has 1 fully saturated rings. The van der Waals surface area contributed by atoms with Crippen LogP contribution in [0.5, 0.6) is 0 Å². The van der Waals surface area contributed by atoms with E-state index in [1.807, 2.05) is 6.20 Å². The van der Waals surface area contributed by atoms with Crippen LogP contribution in [0.2, 0.25) is 5.02 Å². The van der Waals surface area contributed by atoms with Gasteiger partial charge in [-0.1, -0.05) is 17.7 Å². The third-order valence-corrected chi connectivity index (χ3v) is 7.23. The molecule has 1 N–H and O–H groups in total. The van der Waals surface area contributed by atoms with Crippen molar-refractivity contribution < 1.29 is 14.6 Å². The van der Waals surface area contributed by atoms with E-state index in [1.54, 1.807) is 17.5 Å². The molecule has 0 bridgehead atoms. The Morgan fingerprint density at radius 3 is 2.90 bits per heavy atom. The standard InChI is InChI=1S/C22H26ClN3O3S/c1-15(20-3-2-10-30-20)26-13-17(22-18(23)11-24-12-19(22)26)16-4-6-25(7-5-16)8-9-29-14-21(27)28/h2-3,10-13,15-16H,4-9,14H2,1H3,(H,27,28). The topological polar surface area (TPSA) is 67.6 Å². The summed E-state index contributed by atoms with van der Waals surface area (Å²) in [4.78, 5) is 18.6. The van der Waals surface area contributed by atoms with Crippen molar-refractivity contribution in [2.24, 2.45) is 0 Å². The normalized spacial score (nSPS) is 16.9. The molecule has 4 rings (SSSR count). The maximum atomic E-state index is 10.6. The van der Waals surface area contributed by atoms with E-state index in [-0.39, 0.29) is 12.6 Å². The third kappa shape index (κ3) is 4.54. The summed E-state index contributed by atoms with van der Waals surface area (Å²) in [5.74, 6) is -0.478. The van der Waals surface area contributed by atoms with Gasteiger partial charge in [0.15, 0.2) is 0 Å². The van der Waals surface area contributed by atoms with Crippen molar-refractivity contribution in [2.75, 3.05) is 32.8 Å². The molecule has 0 aromatic carbocycles. The van der Waals surface area contributed by atoms with Crippen LogP contribution in [0.3, 0.4) is 0 Å². The summed E-state index contributed by atoms with van der Waals surface area (Å²) in [6, 6.07) is 4.49. The van der Waals surface area contributed by atoms with Crippen molar-refractivity contribution >= 4 is 39.8 Å². The van der Waals surface area contributed by atoms with E-state index in [9.17, 15) is 4.79 Å². The van der Waals surface area contributed by atoms with Crippen LogP contribution in [0.15, 0.2) is 36.1 Å². The molecule has 8 heteroatoms. The fourth-order valence-corrected chi connectivity index (χ4v) is 5.35. The smallest absolute Gasteiger partial charge is 0.329 e. The number of likely N-dealkylation sites (tertiary alicyclic amines) is 1. The highest BCUT2D eigenvalue weighted by molar-refractivity contribution is 7.10. The Morgan fingerprint density at radius 2 is 2.20 bits per heavy atom. The van der Waals surface area contributed by atoms with Crippen LogP contribution in [0.1, 0.15) is 42.2 Å². The van der Waals surface area contributed by atoms with Gasteiger partial charge in [0.1, 0.15) is 6.61 Å². The van der Waals surface area contributed by atoms with Crippen molar-refractivity contribution in [3.63, 3.8) is 0 Å². The van der Waals surface area contributed by atoms with E-state index >= 15 is 0 Å². The Labute approximate surface area is 185 Å². The number of hydrogen-bond acceptors (Lipinski definition) is 5. The first-order chi connectivity index (χ1) is 14.5. The lowest BCUT2D eigenvalue weighted by Gasteiger charge is -2.31. The molecule has 6 nitrogen and oxygen atoms in total. The van der Waals surface area contributed by atoms with Gasteiger partial charge >= 0.3 is 5.97 Å². The van der Waals surface area contributed by atoms with Gasteiger partial charge in [-0.15, -0.1) is 11.3 Å². The van der Waals surface area contributed by atoms with Gasteiger partial charge in [-0.05, 0) is 55.8 Å². The Hall–Kier alpha value is -1.93. The first-order valence-electron chi connectivity index (χ1n) is 10.2. The maximum Gasteiger partial charge on any atom is 0.329 e. The number of rotatable bonds is 8. The summed E-state index contributed by atoms with van der Waals surface area (Å²) >= 11 is 8.38. The average Bonchev–Trinajstić information content (AvgIpc) is 3.40. The molecule has 0 aliphatic carbocycles. The van der Waals surface area contributed by atoms with Crippen molar-refractivity contribution in [2.45, 2.75) is 31.7 Å². The highest BCUT2D eigenvalue weighted by Gasteiger charge is 2.26. The molecule has 30 heavy (non-hydrogen) atoms. The number of aromatic nitrogens is 2. The first-order valence-corrected chi connectivity index (χ1v) is 11.5. The summed E-state index contributed by atoms with van der Waals surface area (Å²) in [5, 5.41) is 12.6. The van der Waals surface area contributed by atoms with E-state index in [4.69, 9.17) is 21.4 Å². The van der Waals surface area contributed by atoms with Gasteiger partial charge in [0.05, 0.1) is 29.4 Å². The molecule has 160 valence electrons. The minimum atomic E-state index is -0.923. The van der Waals surface area contributed by atoms with Crippen LogP contribution >= 0.6 is 22.9 Å². The van der Waals surface area contributed by atoms with Gasteiger partial charge in [0.25, 0.3) is 0 Å². The van der Waals surface area contributed by atoms with Crippen LogP contribution < -0.4 is 0 Å². The van der Waals surface area contributed by atoms with Gasteiger partial charge in [-0.2, -0.15) is 0 Å². The zero-order valence-corrected chi connectivity index (χ0v) is 18.5. The molecular formula is C22H26ClN3O3S. The Balaban J connectivity index is 1.50. The number of carboxylic acids is 1. The minimum Gasteiger partial charge on any atom is -0.480 e. The number of pyridine rings is 1. The molecule has 0 amide bonds. The lowest BCUT2D eigenvalue weighted by atomic mass is 9.89. The van der Waals surface area contributed by atoms with E-state index in [2.05, 4.69) is 45.1 Å². The number of ether oxygens (including phenoxy) is 1. The molecule has 1 atom stereocenters. The second-order valence-electron chi connectivity index (χ2n) is 7.76. The summed E-state index contributed by atoms with van der Waals surface area (Å²) < 4.78 is 7.49. The lowest BCUT2D eigenvalue weighted by Crippen LogP contribution is -2.35.